The molecule has 0 aromatic heterocycles. The quantitative estimate of drug-likeness (QED) is 0.546. The molecule has 0 radical (unpaired) electrons. The van der Waals surface area contributed by atoms with Crippen LogP contribution in [-0.2, 0) is 17.8 Å². The Balaban J connectivity index is 1.18. The van der Waals surface area contributed by atoms with Crippen LogP contribution >= 0.6 is 0 Å². The van der Waals surface area contributed by atoms with Gasteiger partial charge in [0.25, 0.3) is 0 Å². The van der Waals surface area contributed by atoms with E-state index < -0.39 is 0 Å². The molecule has 0 bridgehead atoms. The van der Waals surface area contributed by atoms with Gasteiger partial charge in [0, 0.05) is 50.4 Å². The summed E-state index contributed by atoms with van der Waals surface area (Å²) in [6, 6.07) is 26.9. The van der Waals surface area contributed by atoms with Crippen LogP contribution in [0.2, 0.25) is 0 Å². The van der Waals surface area contributed by atoms with Gasteiger partial charge in [0.2, 0.25) is 5.91 Å². The van der Waals surface area contributed by atoms with Crippen LogP contribution in [0.15, 0.2) is 78.9 Å². The number of piperazine rings is 1. The van der Waals surface area contributed by atoms with Gasteiger partial charge in [0.05, 0.1) is 12.2 Å². The zero-order valence-corrected chi connectivity index (χ0v) is 19.0. The van der Waals surface area contributed by atoms with E-state index in [-0.39, 0.29) is 5.91 Å². The van der Waals surface area contributed by atoms with Crippen LogP contribution < -0.4 is 14.5 Å². The number of hydrogen-bond donors (Lipinski definition) is 0. The van der Waals surface area contributed by atoms with Crippen LogP contribution in [0.1, 0.15) is 17.5 Å². The summed E-state index contributed by atoms with van der Waals surface area (Å²) < 4.78 is 6.26. The van der Waals surface area contributed by atoms with Crippen molar-refractivity contribution >= 4 is 17.3 Å². The molecular formula is C28H31N3O2. The van der Waals surface area contributed by atoms with Crippen molar-refractivity contribution in [1.82, 2.24) is 4.90 Å². The normalized spacial score (nSPS) is 16.5. The van der Waals surface area contributed by atoms with Gasteiger partial charge in [-0.15, -0.1) is 0 Å². The van der Waals surface area contributed by atoms with Gasteiger partial charge in [-0.25, -0.2) is 0 Å². The van der Waals surface area contributed by atoms with E-state index in [0.29, 0.717) is 19.6 Å². The number of fused-ring (bicyclic) bond motifs is 1. The predicted molar refractivity (Wildman–Crippen MR) is 133 cm³/mol. The molecule has 0 spiro atoms. The summed E-state index contributed by atoms with van der Waals surface area (Å²) >= 11 is 0. The van der Waals surface area contributed by atoms with Gasteiger partial charge < -0.3 is 14.5 Å². The first kappa shape index (κ1) is 21.5. The highest BCUT2D eigenvalue weighted by molar-refractivity contribution is 5.96. The molecule has 0 N–H and O–H groups in total. The third-order valence-corrected chi connectivity index (χ3v) is 6.63. The molecule has 170 valence electrons. The summed E-state index contributed by atoms with van der Waals surface area (Å²) in [5, 5.41) is 0. The highest BCUT2D eigenvalue weighted by Crippen LogP contribution is 2.35. The average Bonchev–Trinajstić information content (AvgIpc) is 2.87. The van der Waals surface area contributed by atoms with Gasteiger partial charge in [-0.1, -0.05) is 54.6 Å². The van der Waals surface area contributed by atoms with Crippen LogP contribution in [0.3, 0.4) is 0 Å². The lowest BCUT2D eigenvalue weighted by Gasteiger charge is -2.36. The summed E-state index contributed by atoms with van der Waals surface area (Å²) in [7, 11) is 0. The van der Waals surface area contributed by atoms with E-state index in [0.717, 1.165) is 61.7 Å². The lowest BCUT2D eigenvalue weighted by molar-refractivity contribution is -0.119. The molecule has 3 aromatic rings. The minimum Gasteiger partial charge on any atom is -0.492 e. The summed E-state index contributed by atoms with van der Waals surface area (Å²) in [6.45, 7) is 6.35. The van der Waals surface area contributed by atoms with Crippen molar-refractivity contribution in [3.63, 3.8) is 0 Å². The van der Waals surface area contributed by atoms with Crippen molar-refractivity contribution in [2.45, 2.75) is 19.4 Å². The van der Waals surface area contributed by atoms with E-state index in [4.69, 9.17) is 4.74 Å². The van der Waals surface area contributed by atoms with Gasteiger partial charge >= 0.3 is 0 Å². The van der Waals surface area contributed by atoms with Gasteiger partial charge in [-0.2, -0.15) is 0 Å². The van der Waals surface area contributed by atoms with Crippen molar-refractivity contribution in [2.75, 3.05) is 49.1 Å². The van der Waals surface area contributed by atoms with Crippen LogP contribution in [0.25, 0.3) is 0 Å². The second-order valence-electron chi connectivity index (χ2n) is 8.73. The fraction of sp³-hybridized carbons (Fsp3) is 0.321. The Morgan fingerprint density at radius 3 is 2.24 bits per heavy atom. The van der Waals surface area contributed by atoms with Gasteiger partial charge in [0.1, 0.15) is 12.4 Å². The molecule has 0 aliphatic carbocycles. The zero-order chi connectivity index (χ0) is 22.5. The molecule has 2 aliphatic heterocycles. The maximum Gasteiger partial charge on any atom is 0.227 e. The van der Waals surface area contributed by atoms with Crippen molar-refractivity contribution in [1.29, 1.82) is 0 Å². The lowest BCUT2D eigenvalue weighted by Crippen LogP contribution is -2.47. The number of benzene rings is 3. The second-order valence-corrected chi connectivity index (χ2v) is 8.73. The van der Waals surface area contributed by atoms with Crippen molar-refractivity contribution in [2.24, 2.45) is 0 Å². The summed E-state index contributed by atoms with van der Waals surface area (Å²) in [5.74, 6) is 1.10. The molecule has 2 aliphatic rings. The van der Waals surface area contributed by atoms with Crippen molar-refractivity contribution in [3.05, 3.63) is 90.0 Å². The molecule has 1 fully saturated rings. The number of nitrogens with zero attached hydrogens (tertiary/aromatic N) is 3. The predicted octanol–water partition coefficient (Wildman–Crippen LogP) is 4.37. The highest BCUT2D eigenvalue weighted by Gasteiger charge is 2.26. The molecule has 0 atom stereocenters. The Labute approximate surface area is 196 Å². The number of hydrogen-bond acceptors (Lipinski definition) is 4. The number of ether oxygens (including phenoxy) is 1. The Morgan fingerprint density at radius 2 is 1.48 bits per heavy atom. The number of carbonyl (C=O) groups excluding carboxylic acids is 1. The smallest absolute Gasteiger partial charge is 0.227 e. The molecule has 1 saturated heterocycles. The molecule has 2 heterocycles. The van der Waals surface area contributed by atoms with E-state index in [1.807, 2.05) is 41.3 Å². The van der Waals surface area contributed by atoms with Crippen LogP contribution in [-0.4, -0.2) is 50.1 Å². The molecule has 0 saturated carbocycles. The lowest BCUT2D eigenvalue weighted by atomic mass is 9.99. The van der Waals surface area contributed by atoms with Gasteiger partial charge in [-0.3, -0.25) is 9.69 Å². The van der Waals surface area contributed by atoms with E-state index >= 15 is 0 Å². The molecule has 5 heteroatoms. The summed E-state index contributed by atoms with van der Waals surface area (Å²) in [6.07, 6.45) is 1.27. The summed E-state index contributed by atoms with van der Waals surface area (Å²) in [4.78, 5) is 19.5. The fourth-order valence-electron chi connectivity index (χ4n) is 4.79. The molecule has 5 nitrogen and oxygen atoms in total. The van der Waals surface area contributed by atoms with Crippen molar-refractivity contribution < 1.29 is 9.53 Å². The first-order valence-corrected chi connectivity index (χ1v) is 11.9. The number of anilines is 2. The minimum atomic E-state index is 0.180. The fourth-order valence-corrected chi connectivity index (χ4v) is 4.79. The molecule has 5 rings (SSSR count). The van der Waals surface area contributed by atoms with Gasteiger partial charge in [0.15, 0.2) is 0 Å². The SMILES string of the molecule is O=C1CCc2c(OCCN3CCN(c4ccccc4)CC3)cccc2N1Cc1ccccc1. The van der Waals surface area contributed by atoms with E-state index in [2.05, 4.69) is 52.3 Å². The maximum atomic E-state index is 12.7. The molecule has 0 unspecified atom stereocenters. The number of para-hydroxylation sites is 1. The monoisotopic (exact) mass is 441 g/mol. The topological polar surface area (TPSA) is 36.0 Å². The third-order valence-electron chi connectivity index (χ3n) is 6.63. The minimum absolute atomic E-state index is 0.180. The molecule has 33 heavy (non-hydrogen) atoms. The number of rotatable bonds is 7. The van der Waals surface area contributed by atoms with E-state index in [1.165, 1.54) is 5.69 Å². The maximum absolute atomic E-state index is 12.7. The van der Waals surface area contributed by atoms with Crippen LogP contribution in [0, 0.1) is 0 Å². The molecule has 3 aromatic carbocycles. The van der Waals surface area contributed by atoms with Gasteiger partial charge in [-0.05, 0) is 36.2 Å². The highest BCUT2D eigenvalue weighted by atomic mass is 16.5. The summed E-state index contributed by atoms with van der Waals surface area (Å²) in [5.41, 5.74) is 4.59. The van der Waals surface area contributed by atoms with E-state index in [9.17, 15) is 4.79 Å². The van der Waals surface area contributed by atoms with Crippen molar-refractivity contribution in [3.8, 4) is 5.75 Å². The standard InChI is InChI=1S/C28H31N3O2/c32-28-15-14-25-26(31(28)22-23-8-3-1-4-9-23)12-7-13-27(25)33-21-20-29-16-18-30(19-17-29)24-10-5-2-6-11-24/h1-13H,14-22H2. The number of carbonyl (C=O) groups is 1. The Bertz CT molecular complexity index is 1060. The first-order chi connectivity index (χ1) is 16.3. The first-order valence-electron chi connectivity index (χ1n) is 11.9. The third kappa shape index (κ3) is 5.04. The Morgan fingerprint density at radius 1 is 0.758 bits per heavy atom. The zero-order valence-electron chi connectivity index (χ0n) is 19.0. The average molecular weight is 442 g/mol. The Hall–Kier alpha value is -3.31. The molecule has 1 amide bonds. The van der Waals surface area contributed by atoms with Crippen LogP contribution in [0.4, 0.5) is 11.4 Å². The van der Waals surface area contributed by atoms with E-state index in [1.54, 1.807) is 0 Å². The van der Waals surface area contributed by atoms with Crippen LogP contribution in [0.5, 0.6) is 5.75 Å². The second kappa shape index (κ2) is 10.1. The molecular weight excluding hydrogens is 410 g/mol. The number of amides is 1. The largest absolute Gasteiger partial charge is 0.492 e. The Kier molecular flexibility index (Phi) is 6.58.